The standard InChI is InChI=1S/C14H18N2OS/c1-10(17)13-4-3-11(8-15)7-14(13)16(2)12-5-6-18-9-12/h3-4,7,10,12,17H,5-6,9H2,1-2H3. The Labute approximate surface area is 112 Å². The van der Waals surface area contributed by atoms with Crippen LogP contribution in [0.2, 0.25) is 0 Å². The van der Waals surface area contributed by atoms with Crippen molar-refractivity contribution < 1.29 is 5.11 Å². The number of hydrogen-bond acceptors (Lipinski definition) is 4. The molecule has 18 heavy (non-hydrogen) atoms. The van der Waals surface area contributed by atoms with Gasteiger partial charge in [0.25, 0.3) is 0 Å². The molecule has 0 saturated carbocycles. The number of hydrogen-bond donors (Lipinski definition) is 1. The third-order valence-electron chi connectivity index (χ3n) is 3.44. The lowest BCUT2D eigenvalue weighted by atomic mass is 10.0. The highest BCUT2D eigenvalue weighted by Crippen LogP contribution is 2.31. The summed E-state index contributed by atoms with van der Waals surface area (Å²) in [7, 11) is 2.05. The van der Waals surface area contributed by atoms with Crippen LogP contribution in [0, 0.1) is 11.3 Å². The number of rotatable bonds is 3. The lowest BCUT2D eigenvalue weighted by Crippen LogP contribution is -2.32. The molecule has 0 spiro atoms. The van der Waals surface area contributed by atoms with Gasteiger partial charge in [0.15, 0.2) is 0 Å². The Bertz CT molecular complexity index is 461. The van der Waals surface area contributed by atoms with Gasteiger partial charge in [-0.05, 0) is 31.2 Å². The molecule has 1 heterocycles. The molecule has 2 unspecified atom stereocenters. The third kappa shape index (κ3) is 2.63. The minimum Gasteiger partial charge on any atom is -0.389 e. The van der Waals surface area contributed by atoms with E-state index in [4.69, 9.17) is 5.26 Å². The van der Waals surface area contributed by atoms with Crippen molar-refractivity contribution in [3.05, 3.63) is 29.3 Å². The Morgan fingerprint density at radius 2 is 2.33 bits per heavy atom. The molecule has 0 aromatic heterocycles. The number of aliphatic hydroxyl groups excluding tert-OH is 1. The average Bonchev–Trinajstić information content (AvgIpc) is 2.90. The molecule has 0 radical (unpaired) electrons. The van der Waals surface area contributed by atoms with Gasteiger partial charge in [0.2, 0.25) is 0 Å². The summed E-state index contributed by atoms with van der Waals surface area (Å²) in [5.41, 5.74) is 2.52. The number of nitrogens with zero attached hydrogens (tertiary/aromatic N) is 2. The lowest BCUT2D eigenvalue weighted by Gasteiger charge is -2.29. The monoisotopic (exact) mass is 262 g/mol. The van der Waals surface area contributed by atoms with Crippen LogP contribution < -0.4 is 4.90 Å². The molecule has 0 aliphatic carbocycles. The Hall–Kier alpha value is -1.18. The van der Waals surface area contributed by atoms with Crippen molar-refractivity contribution >= 4 is 17.4 Å². The first kappa shape index (κ1) is 13.3. The second-order valence-corrected chi connectivity index (χ2v) is 5.84. The molecule has 1 aliphatic rings. The summed E-state index contributed by atoms with van der Waals surface area (Å²) in [6, 6.07) is 8.17. The molecule has 1 aromatic rings. The van der Waals surface area contributed by atoms with Gasteiger partial charge in [-0.25, -0.2) is 0 Å². The van der Waals surface area contributed by atoms with Crippen molar-refractivity contribution in [1.29, 1.82) is 5.26 Å². The predicted molar refractivity (Wildman–Crippen MR) is 75.9 cm³/mol. The second kappa shape index (κ2) is 5.64. The van der Waals surface area contributed by atoms with Crippen molar-refractivity contribution in [2.75, 3.05) is 23.5 Å². The van der Waals surface area contributed by atoms with Crippen LogP contribution in [0.1, 0.15) is 30.6 Å². The first-order chi connectivity index (χ1) is 8.63. The Morgan fingerprint density at radius 1 is 1.56 bits per heavy atom. The van der Waals surface area contributed by atoms with Gasteiger partial charge >= 0.3 is 0 Å². The van der Waals surface area contributed by atoms with E-state index in [1.165, 1.54) is 5.75 Å². The summed E-state index contributed by atoms with van der Waals surface area (Å²) in [6.07, 6.45) is 0.654. The second-order valence-electron chi connectivity index (χ2n) is 4.69. The molecule has 0 amide bonds. The van der Waals surface area contributed by atoms with Gasteiger partial charge in [0.05, 0.1) is 17.7 Å². The molecule has 1 aliphatic heterocycles. The van der Waals surface area contributed by atoms with Crippen LogP contribution in [0.15, 0.2) is 18.2 Å². The average molecular weight is 262 g/mol. The third-order valence-corrected chi connectivity index (χ3v) is 4.59. The molecule has 2 atom stereocenters. The van der Waals surface area contributed by atoms with Crippen molar-refractivity contribution in [2.24, 2.45) is 0 Å². The molecule has 0 bridgehead atoms. The zero-order valence-corrected chi connectivity index (χ0v) is 11.6. The number of benzene rings is 1. The molecule has 4 heteroatoms. The van der Waals surface area contributed by atoms with Crippen LogP contribution in [0.25, 0.3) is 0 Å². The molecular formula is C14H18N2OS. The zero-order chi connectivity index (χ0) is 13.1. The SMILES string of the molecule is CC(O)c1ccc(C#N)cc1N(C)C1CCSC1. The summed E-state index contributed by atoms with van der Waals surface area (Å²) in [5, 5.41) is 18.8. The summed E-state index contributed by atoms with van der Waals surface area (Å²) in [5.74, 6) is 2.31. The number of nitriles is 1. The number of aliphatic hydroxyl groups is 1. The van der Waals surface area contributed by atoms with Gasteiger partial charge < -0.3 is 10.0 Å². The molecule has 3 nitrogen and oxygen atoms in total. The minimum absolute atomic E-state index is 0.501. The normalized spacial score (nSPS) is 20.4. The molecule has 1 N–H and O–H groups in total. The van der Waals surface area contributed by atoms with Crippen LogP contribution in [0.4, 0.5) is 5.69 Å². The molecule has 1 saturated heterocycles. The first-order valence-electron chi connectivity index (χ1n) is 6.16. The van der Waals surface area contributed by atoms with Gasteiger partial charge in [-0.2, -0.15) is 17.0 Å². The summed E-state index contributed by atoms with van der Waals surface area (Å²) in [6.45, 7) is 1.77. The van der Waals surface area contributed by atoms with E-state index < -0.39 is 6.10 Å². The van der Waals surface area contributed by atoms with E-state index in [1.807, 2.05) is 23.9 Å². The van der Waals surface area contributed by atoms with E-state index in [2.05, 4.69) is 18.0 Å². The van der Waals surface area contributed by atoms with Gasteiger partial charge in [-0.15, -0.1) is 0 Å². The molecule has 2 rings (SSSR count). The summed E-state index contributed by atoms with van der Waals surface area (Å²) < 4.78 is 0. The van der Waals surface area contributed by atoms with Crippen molar-refractivity contribution in [3.8, 4) is 6.07 Å². The number of thioether (sulfide) groups is 1. The van der Waals surface area contributed by atoms with Crippen molar-refractivity contribution in [1.82, 2.24) is 0 Å². The smallest absolute Gasteiger partial charge is 0.0992 e. The fourth-order valence-corrected chi connectivity index (χ4v) is 3.56. The largest absolute Gasteiger partial charge is 0.389 e. The van der Waals surface area contributed by atoms with E-state index in [1.54, 1.807) is 13.0 Å². The maximum Gasteiger partial charge on any atom is 0.0992 e. The van der Waals surface area contributed by atoms with E-state index in [9.17, 15) is 5.11 Å². The quantitative estimate of drug-likeness (QED) is 0.909. The highest BCUT2D eigenvalue weighted by molar-refractivity contribution is 7.99. The van der Waals surface area contributed by atoms with Crippen LogP contribution >= 0.6 is 11.8 Å². The highest BCUT2D eigenvalue weighted by atomic mass is 32.2. The van der Waals surface area contributed by atoms with Crippen molar-refractivity contribution in [3.63, 3.8) is 0 Å². The van der Waals surface area contributed by atoms with Crippen molar-refractivity contribution in [2.45, 2.75) is 25.5 Å². The van der Waals surface area contributed by atoms with Gasteiger partial charge in [-0.1, -0.05) is 6.07 Å². The van der Waals surface area contributed by atoms with Crippen LogP contribution in [0.5, 0.6) is 0 Å². The fourth-order valence-electron chi connectivity index (χ4n) is 2.30. The highest BCUT2D eigenvalue weighted by Gasteiger charge is 2.23. The van der Waals surface area contributed by atoms with E-state index in [0.717, 1.165) is 23.4 Å². The van der Waals surface area contributed by atoms with Gasteiger partial charge in [0.1, 0.15) is 0 Å². The van der Waals surface area contributed by atoms with E-state index >= 15 is 0 Å². The topological polar surface area (TPSA) is 47.3 Å². The van der Waals surface area contributed by atoms with Gasteiger partial charge in [-0.3, -0.25) is 0 Å². The van der Waals surface area contributed by atoms with Crippen LogP contribution in [0.3, 0.4) is 0 Å². The maximum absolute atomic E-state index is 9.85. The molecule has 96 valence electrons. The lowest BCUT2D eigenvalue weighted by molar-refractivity contribution is 0.199. The Kier molecular flexibility index (Phi) is 4.15. The van der Waals surface area contributed by atoms with Gasteiger partial charge in [0, 0.05) is 30.1 Å². The van der Waals surface area contributed by atoms with E-state index in [0.29, 0.717) is 11.6 Å². The predicted octanol–water partition coefficient (Wildman–Crippen LogP) is 2.55. The van der Waals surface area contributed by atoms with Crippen LogP contribution in [-0.4, -0.2) is 29.7 Å². The zero-order valence-electron chi connectivity index (χ0n) is 10.8. The maximum atomic E-state index is 9.85. The summed E-state index contributed by atoms with van der Waals surface area (Å²) >= 11 is 1.96. The van der Waals surface area contributed by atoms with E-state index in [-0.39, 0.29) is 0 Å². The minimum atomic E-state index is -0.510. The first-order valence-corrected chi connectivity index (χ1v) is 7.31. The fraction of sp³-hybridized carbons (Fsp3) is 0.500. The van der Waals surface area contributed by atoms with Crippen LogP contribution in [-0.2, 0) is 0 Å². The molecular weight excluding hydrogens is 244 g/mol. The summed E-state index contributed by atoms with van der Waals surface area (Å²) in [4.78, 5) is 2.21. The molecule has 1 aromatic carbocycles. The molecule has 1 fully saturated rings. The Morgan fingerprint density at radius 3 is 2.89 bits per heavy atom. The number of anilines is 1. The Balaban J connectivity index is 2.36.